The fourth-order valence-corrected chi connectivity index (χ4v) is 1.94. The van der Waals surface area contributed by atoms with Crippen molar-refractivity contribution in [3.05, 3.63) is 12.7 Å². The summed E-state index contributed by atoms with van der Waals surface area (Å²) in [7, 11) is 0. The Morgan fingerprint density at radius 1 is 1.18 bits per heavy atom. The molecule has 0 spiro atoms. The maximum absolute atomic E-state index is 5.60. The van der Waals surface area contributed by atoms with Crippen molar-refractivity contribution in [3.8, 4) is 0 Å². The van der Waals surface area contributed by atoms with Gasteiger partial charge in [0, 0.05) is 0 Å². The number of nitrogens with two attached hydrogens (primary N) is 1. The molecule has 0 aromatic heterocycles. The average molecular weight is 153 g/mol. The monoisotopic (exact) mass is 153 g/mol. The third kappa shape index (κ3) is 2.66. The van der Waals surface area contributed by atoms with E-state index in [2.05, 4.69) is 6.58 Å². The molecule has 0 atom stereocenters. The molecule has 0 saturated heterocycles. The number of hydrogen-bond acceptors (Lipinski definition) is 1. The Kier molecular flexibility index (Phi) is 3.64. The average Bonchev–Trinajstić information content (AvgIpc) is 2.07. The van der Waals surface area contributed by atoms with Crippen LogP contribution in [0.3, 0.4) is 0 Å². The Labute approximate surface area is 69.7 Å². The van der Waals surface area contributed by atoms with Crippen LogP contribution in [0.2, 0.25) is 0 Å². The van der Waals surface area contributed by atoms with Crippen LogP contribution in [0, 0.1) is 11.8 Å². The van der Waals surface area contributed by atoms with Gasteiger partial charge in [0.2, 0.25) is 0 Å². The molecule has 1 saturated carbocycles. The normalized spacial score (nSPS) is 31.7. The van der Waals surface area contributed by atoms with E-state index in [9.17, 15) is 0 Å². The standard InChI is InChI=1S/C10H19N/c1-2-3-9-4-6-10(8-11)7-5-9/h2,9-10H,1,3-8,11H2. The Morgan fingerprint density at radius 3 is 2.18 bits per heavy atom. The molecule has 2 N–H and O–H groups in total. The summed E-state index contributed by atoms with van der Waals surface area (Å²) >= 11 is 0. The quantitative estimate of drug-likeness (QED) is 0.619. The van der Waals surface area contributed by atoms with Gasteiger partial charge >= 0.3 is 0 Å². The lowest BCUT2D eigenvalue weighted by Gasteiger charge is -2.26. The van der Waals surface area contributed by atoms with E-state index in [1.165, 1.54) is 32.1 Å². The van der Waals surface area contributed by atoms with Gasteiger partial charge in [0.05, 0.1) is 0 Å². The van der Waals surface area contributed by atoms with Crippen molar-refractivity contribution in [2.45, 2.75) is 32.1 Å². The number of rotatable bonds is 3. The first-order chi connectivity index (χ1) is 5.36. The predicted molar refractivity (Wildman–Crippen MR) is 49.3 cm³/mol. The molecule has 0 amide bonds. The minimum atomic E-state index is 0.816. The Morgan fingerprint density at radius 2 is 1.73 bits per heavy atom. The molecule has 0 heterocycles. The zero-order chi connectivity index (χ0) is 8.10. The van der Waals surface area contributed by atoms with E-state index < -0.39 is 0 Å². The second-order valence-corrected chi connectivity index (χ2v) is 3.65. The van der Waals surface area contributed by atoms with Crippen molar-refractivity contribution in [1.82, 2.24) is 0 Å². The largest absolute Gasteiger partial charge is 0.330 e. The third-order valence-corrected chi connectivity index (χ3v) is 2.80. The molecule has 64 valence electrons. The Hall–Kier alpha value is -0.300. The van der Waals surface area contributed by atoms with Gasteiger partial charge in [-0.1, -0.05) is 6.08 Å². The minimum absolute atomic E-state index is 0.816. The highest BCUT2D eigenvalue weighted by Gasteiger charge is 2.18. The zero-order valence-corrected chi connectivity index (χ0v) is 7.26. The van der Waals surface area contributed by atoms with Crippen molar-refractivity contribution in [3.63, 3.8) is 0 Å². The lowest BCUT2D eigenvalue weighted by Crippen LogP contribution is -2.21. The van der Waals surface area contributed by atoms with Gasteiger partial charge in [-0.2, -0.15) is 0 Å². The minimum Gasteiger partial charge on any atom is -0.330 e. The highest BCUT2D eigenvalue weighted by Crippen LogP contribution is 2.29. The second-order valence-electron chi connectivity index (χ2n) is 3.65. The van der Waals surface area contributed by atoms with Gasteiger partial charge in [0.15, 0.2) is 0 Å². The molecule has 1 aliphatic carbocycles. The van der Waals surface area contributed by atoms with Crippen molar-refractivity contribution in [2.75, 3.05) is 6.54 Å². The number of hydrogen-bond donors (Lipinski definition) is 1. The van der Waals surface area contributed by atoms with Crippen LogP contribution >= 0.6 is 0 Å². The van der Waals surface area contributed by atoms with Crippen molar-refractivity contribution >= 4 is 0 Å². The maximum Gasteiger partial charge on any atom is -0.00489 e. The third-order valence-electron chi connectivity index (χ3n) is 2.80. The summed E-state index contributed by atoms with van der Waals surface area (Å²) in [4.78, 5) is 0. The molecule has 1 nitrogen and oxygen atoms in total. The molecule has 0 bridgehead atoms. The lowest BCUT2D eigenvalue weighted by atomic mass is 9.81. The number of allylic oxidation sites excluding steroid dienone is 1. The highest BCUT2D eigenvalue weighted by atomic mass is 14.5. The van der Waals surface area contributed by atoms with Crippen LogP contribution in [-0.2, 0) is 0 Å². The summed E-state index contributed by atoms with van der Waals surface area (Å²) in [5, 5.41) is 0. The summed E-state index contributed by atoms with van der Waals surface area (Å²) in [6.07, 6.45) is 8.68. The van der Waals surface area contributed by atoms with Gasteiger partial charge in [-0.25, -0.2) is 0 Å². The summed E-state index contributed by atoms with van der Waals surface area (Å²) in [6, 6.07) is 0. The zero-order valence-electron chi connectivity index (χ0n) is 7.26. The molecule has 1 aliphatic rings. The van der Waals surface area contributed by atoms with Crippen LogP contribution < -0.4 is 5.73 Å². The van der Waals surface area contributed by atoms with E-state index in [0.29, 0.717) is 0 Å². The molecule has 0 aromatic carbocycles. The Balaban J connectivity index is 2.18. The second kappa shape index (κ2) is 4.55. The van der Waals surface area contributed by atoms with Crippen LogP contribution in [-0.4, -0.2) is 6.54 Å². The summed E-state index contributed by atoms with van der Waals surface area (Å²) in [6.45, 7) is 4.66. The van der Waals surface area contributed by atoms with Gasteiger partial charge < -0.3 is 5.73 Å². The summed E-state index contributed by atoms with van der Waals surface area (Å²) in [5.74, 6) is 1.73. The molecule has 11 heavy (non-hydrogen) atoms. The molecule has 0 unspecified atom stereocenters. The topological polar surface area (TPSA) is 26.0 Å². The molecule has 1 heteroatoms. The van der Waals surface area contributed by atoms with Crippen LogP contribution in [0.15, 0.2) is 12.7 Å². The molecule has 0 radical (unpaired) electrons. The molecular weight excluding hydrogens is 134 g/mol. The van der Waals surface area contributed by atoms with Gasteiger partial charge in [0.25, 0.3) is 0 Å². The Bertz CT molecular complexity index is 112. The van der Waals surface area contributed by atoms with Crippen LogP contribution in [0.5, 0.6) is 0 Å². The van der Waals surface area contributed by atoms with E-state index in [4.69, 9.17) is 5.73 Å². The molecule has 1 rings (SSSR count). The van der Waals surface area contributed by atoms with Crippen LogP contribution in [0.25, 0.3) is 0 Å². The fraction of sp³-hybridized carbons (Fsp3) is 0.800. The summed E-state index contributed by atoms with van der Waals surface area (Å²) in [5.41, 5.74) is 5.60. The molecule has 0 aromatic rings. The summed E-state index contributed by atoms with van der Waals surface area (Å²) < 4.78 is 0. The molecule has 0 aliphatic heterocycles. The SMILES string of the molecule is C=CCC1CCC(CN)CC1. The van der Waals surface area contributed by atoms with Crippen molar-refractivity contribution in [2.24, 2.45) is 17.6 Å². The van der Waals surface area contributed by atoms with Crippen molar-refractivity contribution < 1.29 is 0 Å². The van der Waals surface area contributed by atoms with Crippen LogP contribution in [0.1, 0.15) is 32.1 Å². The van der Waals surface area contributed by atoms with Gasteiger partial charge in [-0.15, -0.1) is 6.58 Å². The first kappa shape index (κ1) is 8.79. The molecule has 1 fully saturated rings. The van der Waals surface area contributed by atoms with E-state index in [1.807, 2.05) is 6.08 Å². The first-order valence-electron chi connectivity index (χ1n) is 4.67. The lowest BCUT2D eigenvalue weighted by molar-refractivity contribution is 0.281. The van der Waals surface area contributed by atoms with E-state index in [1.54, 1.807) is 0 Å². The van der Waals surface area contributed by atoms with Gasteiger partial charge in [-0.3, -0.25) is 0 Å². The van der Waals surface area contributed by atoms with Gasteiger partial charge in [-0.05, 0) is 50.5 Å². The fourth-order valence-electron chi connectivity index (χ4n) is 1.94. The highest BCUT2D eigenvalue weighted by molar-refractivity contribution is 4.78. The van der Waals surface area contributed by atoms with Crippen LogP contribution in [0.4, 0.5) is 0 Å². The van der Waals surface area contributed by atoms with Gasteiger partial charge in [0.1, 0.15) is 0 Å². The molecular formula is C10H19N. The van der Waals surface area contributed by atoms with Crippen molar-refractivity contribution in [1.29, 1.82) is 0 Å². The smallest absolute Gasteiger partial charge is 0.00489 e. The van der Waals surface area contributed by atoms with E-state index in [-0.39, 0.29) is 0 Å². The first-order valence-corrected chi connectivity index (χ1v) is 4.67. The van der Waals surface area contributed by atoms with E-state index >= 15 is 0 Å². The maximum atomic E-state index is 5.60. The van der Waals surface area contributed by atoms with E-state index in [0.717, 1.165) is 18.4 Å². The predicted octanol–water partition coefficient (Wildman–Crippen LogP) is 2.33.